The van der Waals surface area contributed by atoms with E-state index < -0.39 is 176 Å². The Kier molecular flexibility index (Phi) is 20.7. The number of rotatable bonds is 19. The normalized spacial score (nSPS) is 37.2. The number of carbonyl (C=O) groups excluding carboxylic acids is 3. The Hall–Kier alpha value is -5.47. The minimum absolute atomic E-state index is 0.0197. The number of benzene rings is 3. The van der Waals surface area contributed by atoms with E-state index in [9.17, 15) is 50.8 Å². The van der Waals surface area contributed by atoms with Gasteiger partial charge < -0.3 is 113 Å². The van der Waals surface area contributed by atoms with Crippen LogP contribution >= 0.6 is 0 Å². The first-order chi connectivity index (χ1) is 42.7. The van der Waals surface area contributed by atoms with Crippen LogP contribution in [0.25, 0.3) is 21.7 Å². The van der Waals surface area contributed by atoms with Crippen molar-refractivity contribution in [2.75, 3.05) is 14.2 Å². The molecule has 0 spiro atoms. The van der Waals surface area contributed by atoms with Crippen LogP contribution in [-0.2, 0) is 81.1 Å². The third-order valence-corrected chi connectivity index (χ3v) is 18.5. The SMILES string of the molecule is C=CCn1cc(C[C@H](NC(=O)[C@@H](OC)[C@@H]2Cc3cc4cc(O[C@H]5C[C@@H](O[C@H]6C[C@@H](O)[C@H](O)[C@@H](C)O6)[C@H](O)[C@@H](C)O5)c(C)c(O)c4c(O)c3C(=O)[C@H]2O[C@H]2C[C@@H](O[C@H]3C[C@@H](O[C@H]4C[C@](C)(O)[C@H](O)[C@@H](C)O4)[C@@H](O)[C@@H](C)O3)[C@H](O)[C@@H](C)O2)C(=O)OC)c2ccccc21. The summed E-state index contributed by atoms with van der Waals surface area (Å²) < 4.78 is 75.0. The van der Waals surface area contributed by atoms with E-state index in [4.69, 9.17) is 56.8 Å². The number of ketones is 1. The number of aromatic nitrogens is 1. The van der Waals surface area contributed by atoms with Gasteiger partial charge in [-0.3, -0.25) is 9.59 Å². The molecule has 10 rings (SSSR count). The molecule has 6 aliphatic rings. The van der Waals surface area contributed by atoms with Crippen molar-refractivity contribution in [2.24, 2.45) is 5.92 Å². The molecule has 0 radical (unpaired) electrons. The van der Waals surface area contributed by atoms with Crippen LogP contribution in [0.2, 0.25) is 0 Å². The van der Waals surface area contributed by atoms with Gasteiger partial charge in [0.25, 0.3) is 0 Å². The summed E-state index contributed by atoms with van der Waals surface area (Å²) in [6, 6.07) is 9.37. The van der Waals surface area contributed by atoms with E-state index in [2.05, 4.69) is 11.9 Å². The maximum absolute atomic E-state index is 15.5. The van der Waals surface area contributed by atoms with Crippen molar-refractivity contribution in [3.05, 3.63) is 77.5 Å². The molecule has 26 nitrogen and oxygen atoms in total. The number of aromatic hydroxyl groups is 2. The van der Waals surface area contributed by atoms with Crippen molar-refractivity contribution in [3.8, 4) is 17.2 Å². The molecule has 4 aromatic rings. The van der Waals surface area contributed by atoms with Gasteiger partial charge in [0.1, 0.15) is 66.0 Å². The number of Topliss-reactive ketones (excluding diaryl/α,β-unsaturated/α-hetero) is 1. The zero-order valence-electron chi connectivity index (χ0n) is 51.9. The van der Waals surface area contributed by atoms with Gasteiger partial charge in [0.15, 0.2) is 30.9 Å². The highest BCUT2D eigenvalue weighted by Gasteiger charge is 2.51. The first-order valence-corrected chi connectivity index (χ1v) is 30.7. The van der Waals surface area contributed by atoms with Gasteiger partial charge in [-0.25, -0.2) is 4.79 Å². The Morgan fingerprint density at radius 2 is 1.31 bits per heavy atom. The van der Waals surface area contributed by atoms with Crippen LogP contribution in [-0.4, -0.2) is 223 Å². The molecular weight excluding hydrogens is 1180 g/mol. The third-order valence-electron chi connectivity index (χ3n) is 18.5. The second kappa shape index (κ2) is 27.6. The van der Waals surface area contributed by atoms with E-state index in [1.807, 2.05) is 35.0 Å². The number of methoxy groups -OCH3 is 2. The van der Waals surface area contributed by atoms with E-state index in [1.54, 1.807) is 46.8 Å². The number of amides is 1. The lowest BCUT2D eigenvalue weighted by molar-refractivity contribution is -0.334. The van der Waals surface area contributed by atoms with Gasteiger partial charge in [0.2, 0.25) is 12.2 Å². The number of hydrogen-bond acceptors (Lipinski definition) is 24. The molecule has 5 saturated heterocycles. The maximum Gasteiger partial charge on any atom is 0.328 e. The van der Waals surface area contributed by atoms with Gasteiger partial charge >= 0.3 is 5.97 Å². The molecule has 1 aliphatic carbocycles. The molecule has 24 atom stereocenters. The molecule has 90 heavy (non-hydrogen) atoms. The third kappa shape index (κ3) is 13.8. The Morgan fingerprint density at radius 1 is 0.756 bits per heavy atom. The van der Waals surface area contributed by atoms with Gasteiger partial charge in [-0.2, -0.15) is 0 Å². The molecule has 1 amide bonds. The van der Waals surface area contributed by atoms with Gasteiger partial charge in [0.05, 0.1) is 78.6 Å². The van der Waals surface area contributed by atoms with Crippen LogP contribution in [0.5, 0.6) is 17.2 Å². The minimum atomic E-state index is -1.68. The summed E-state index contributed by atoms with van der Waals surface area (Å²) in [5.41, 5.74) is 0.116. The minimum Gasteiger partial charge on any atom is -0.507 e. The Labute approximate surface area is 520 Å². The summed E-state index contributed by atoms with van der Waals surface area (Å²) in [5.74, 6) is -4.68. The quantitative estimate of drug-likeness (QED) is 0.0476. The van der Waals surface area contributed by atoms with Gasteiger partial charge in [-0.05, 0) is 89.6 Å². The van der Waals surface area contributed by atoms with Crippen LogP contribution in [0.4, 0.5) is 0 Å². The van der Waals surface area contributed by atoms with Crippen molar-refractivity contribution in [3.63, 3.8) is 0 Å². The fraction of sp³-hybridized carbons (Fsp3) is 0.641. The highest BCUT2D eigenvalue weighted by molar-refractivity contribution is 6.11. The molecule has 3 aromatic carbocycles. The summed E-state index contributed by atoms with van der Waals surface area (Å²) in [4.78, 5) is 44.3. The highest BCUT2D eigenvalue weighted by Crippen LogP contribution is 2.48. The molecule has 26 heteroatoms. The smallest absolute Gasteiger partial charge is 0.328 e. The predicted octanol–water partition coefficient (Wildman–Crippen LogP) is 2.48. The molecule has 0 bridgehead atoms. The number of fused-ring (bicyclic) bond motifs is 3. The molecule has 496 valence electrons. The van der Waals surface area contributed by atoms with Crippen molar-refractivity contribution in [1.29, 1.82) is 0 Å². The van der Waals surface area contributed by atoms with E-state index in [-0.39, 0.29) is 78.2 Å². The molecule has 10 N–H and O–H groups in total. The Bertz CT molecular complexity index is 3220. The first kappa shape index (κ1) is 67.4. The fourth-order valence-corrected chi connectivity index (χ4v) is 13.5. The Morgan fingerprint density at radius 3 is 1.90 bits per heavy atom. The highest BCUT2D eigenvalue weighted by atomic mass is 16.7. The van der Waals surface area contributed by atoms with Crippen LogP contribution in [0.1, 0.15) is 101 Å². The number of allylic oxidation sites excluding steroid dienone is 1. The van der Waals surface area contributed by atoms with Gasteiger partial charge in [-0.1, -0.05) is 24.3 Å². The average Bonchev–Trinajstić information content (AvgIpc) is 1.02. The van der Waals surface area contributed by atoms with Gasteiger partial charge in [-0.15, -0.1) is 6.58 Å². The number of phenols is 2. The number of carbonyl (C=O) groups is 3. The molecule has 0 unspecified atom stereocenters. The number of esters is 1. The number of nitrogens with one attached hydrogen (secondary N) is 1. The molecule has 0 saturated carbocycles. The van der Waals surface area contributed by atoms with E-state index in [0.717, 1.165) is 10.9 Å². The number of para-hydroxylation sites is 1. The maximum atomic E-state index is 15.5. The number of ether oxygens (including phenoxy) is 12. The second-order valence-corrected chi connectivity index (χ2v) is 25.0. The lowest BCUT2D eigenvalue weighted by Gasteiger charge is -2.46. The lowest BCUT2D eigenvalue weighted by atomic mass is 9.76. The molecule has 1 aromatic heterocycles. The summed E-state index contributed by atoms with van der Waals surface area (Å²) in [6.45, 7) is 15.3. The van der Waals surface area contributed by atoms with Crippen molar-refractivity contribution < 1.29 is 117 Å². The van der Waals surface area contributed by atoms with Crippen LogP contribution in [0.15, 0.2) is 55.3 Å². The predicted molar refractivity (Wildman–Crippen MR) is 316 cm³/mol. The Balaban J connectivity index is 0.946. The van der Waals surface area contributed by atoms with Crippen LogP contribution < -0.4 is 10.1 Å². The van der Waals surface area contributed by atoms with Gasteiger partial charge in [0, 0.05) is 80.8 Å². The summed E-state index contributed by atoms with van der Waals surface area (Å²) >= 11 is 0. The second-order valence-electron chi connectivity index (χ2n) is 25.0. The molecule has 6 heterocycles. The monoisotopic (exact) mass is 1270 g/mol. The zero-order chi connectivity index (χ0) is 64.9. The van der Waals surface area contributed by atoms with Crippen molar-refractivity contribution in [2.45, 2.75) is 241 Å². The lowest BCUT2D eigenvalue weighted by Crippen LogP contribution is -2.58. The first-order valence-electron chi connectivity index (χ1n) is 30.7. The van der Waals surface area contributed by atoms with E-state index in [1.165, 1.54) is 34.1 Å². The van der Waals surface area contributed by atoms with Crippen molar-refractivity contribution >= 4 is 39.3 Å². The van der Waals surface area contributed by atoms with E-state index >= 15 is 9.59 Å². The summed E-state index contributed by atoms with van der Waals surface area (Å²) in [7, 11) is 2.45. The number of aliphatic hydroxyl groups excluding tert-OH is 6. The van der Waals surface area contributed by atoms with Crippen molar-refractivity contribution in [1.82, 2.24) is 9.88 Å². The summed E-state index contributed by atoms with van der Waals surface area (Å²) in [5, 5.41) is 104. The van der Waals surface area contributed by atoms with Crippen LogP contribution in [0.3, 0.4) is 0 Å². The number of nitrogens with zero attached hydrogens (tertiary/aromatic N) is 1. The molecule has 5 fully saturated rings. The largest absolute Gasteiger partial charge is 0.507 e. The molecule has 5 aliphatic heterocycles. The number of aliphatic hydroxyl groups is 7. The van der Waals surface area contributed by atoms with E-state index in [0.29, 0.717) is 12.1 Å². The summed E-state index contributed by atoms with van der Waals surface area (Å²) in [6.07, 6.45) is -20.3. The average molecular weight is 1270 g/mol. The standard InChI is InChI=1S/C64H86N2O24/c1-11-16-66-26-35(36-14-12-13-15-39(36)66)19-38(63(77)80-10)65-62(76)60(79-9)37-18-33-17-34-20-41(86-46-22-42(54(70)29(4)82-46)87-45-21-40(67)53(69)28(3)81-45)27(2)52(68)50(34)57(73)51(33)58(74)59(37)90-48-24-43(55(71)31(6)84-48)88-47-23-44(56(72)30(5)83-47)89-49-25-64(8,78)61(75)32(7)85-49/h11-15,17,20,26,28-32,37-38,40,42-49,53-56,59-61,67-73,75,78H,1,16,18-19,21-25H2,2-10H3,(H,65,76)/t28-,29-,30-,31-,32-,37-,38+,40-,42-,43-,44-,45+,46+,47+,48+,49+,53-,54-,55-,56+,59+,60+,61-,64+/m1/s1. The fourth-order valence-electron chi connectivity index (χ4n) is 13.5. The topological polar surface area (TPSA) is 361 Å². The number of hydrogen-bond donors (Lipinski definition) is 10. The number of phenolic OH excluding ortho intramolecular Hbond substituents is 2. The zero-order valence-corrected chi connectivity index (χ0v) is 51.9. The molecular formula is C64H86N2O24. The van der Waals surface area contributed by atoms with Crippen LogP contribution in [0, 0.1) is 12.8 Å².